The SMILES string of the molecule is CCc1nc2n(c1C(=O)OC)CCCC2. The Morgan fingerprint density at radius 2 is 2.33 bits per heavy atom. The number of aryl methyl sites for hydroxylation is 2. The molecule has 2 rings (SSSR count). The van der Waals surface area contributed by atoms with E-state index in [0.717, 1.165) is 37.3 Å². The first kappa shape index (κ1) is 10.2. The first-order valence-corrected chi connectivity index (χ1v) is 5.44. The molecule has 82 valence electrons. The lowest BCUT2D eigenvalue weighted by Crippen LogP contribution is -2.17. The van der Waals surface area contributed by atoms with Crippen molar-refractivity contribution in [2.45, 2.75) is 39.2 Å². The summed E-state index contributed by atoms with van der Waals surface area (Å²) in [6.45, 7) is 2.91. The van der Waals surface area contributed by atoms with Crippen LogP contribution in [-0.4, -0.2) is 22.6 Å². The van der Waals surface area contributed by atoms with Crippen molar-refractivity contribution < 1.29 is 9.53 Å². The van der Waals surface area contributed by atoms with Gasteiger partial charge in [-0.2, -0.15) is 0 Å². The number of methoxy groups -OCH3 is 1. The zero-order valence-electron chi connectivity index (χ0n) is 9.25. The molecule has 0 bridgehead atoms. The van der Waals surface area contributed by atoms with E-state index in [0.29, 0.717) is 5.69 Å². The van der Waals surface area contributed by atoms with Gasteiger partial charge in [0.2, 0.25) is 0 Å². The van der Waals surface area contributed by atoms with Crippen LogP contribution in [0.5, 0.6) is 0 Å². The van der Waals surface area contributed by atoms with E-state index in [4.69, 9.17) is 4.74 Å². The van der Waals surface area contributed by atoms with E-state index in [1.807, 2.05) is 11.5 Å². The molecule has 1 aliphatic heterocycles. The monoisotopic (exact) mass is 208 g/mol. The van der Waals surface area contributed by atoms with Crippen molar-refractivity contribution >= 4 is 5.97 Å². The fourth-order valence-electron chi connectivity index (χ4n) is 2.11. The van der Waals surface area contributed by atoms with Crippen molar-refractivity contribution in [1.29, 1.82) is 0 Å². The highest BCUT2D eigenvalue weighted by atomic mass is 16.5. The molecule has 0 fully saturated rings. The summed E-state index contributed by atoms with van der Waals surface area (Å²) in [7, 11) is 1.42. The van der Waals surface area contributed by atoms with Crippen LogP contribution in [-0.2, 0) is 24.1 Å². The molecular formula is C11H16N2O2. The van der Waals surface area contributed by atoms with Crippen LogP contribution in [0.4, 0.5) is 0 Å². The third-order valence-electron chi connectivity index (χ3n) is 2.86. The molecule has 0 aromatic carbocycles. The summed E-state index contributed by atoms with van der Waals surface area (Å²) in [5, 5.41) is 0. The van der Waals surface area contributed by atoms with E-state index in [2.05, 4.69) is 4.98 Å². The Balaban J connectivity index is 2.49. The minimum Gasteiger partial charge on any atom is -0.464 e. The molecule has 0 aliphatic carbocycles. The van der Waals surface area contributed by atoms with Gasteiger partial charge in [0.1, 0.15) is 5.82 Å². The lowest BCUT2D eigenvalue weighted by molar-refractivity contribution is 0.0586. The quantitative estimate of drug-likeness (QED) is 0.693. The first-order chi connectivity index (χ1) is 7.27. The minimum absolute atomic E-state index is 0.257. The average molecular weight is 208 g/mol. The maximum atomic E-state index is 11.6. The highest BCUT2D eigenvalue weighted by molar-refractivity contribution is 5.89. The normalized spacial score (nSPS) is 14.8. The molecule has 1 aromatic heterocycles. The number of hydrogen-bond donors (Lipinski definition) is 0. The highest BCUT2D eigenvalue weighted by Gasteiger charge is 2.23. The van der Waals surface area contributed by atoms with Crippen LogP contribution >= 0.6 is 0 Å². The second-order valence-electron chi connectivity index (χ2n) is 3.78. The standard InChI is InChI=1S/C11H16N2O2/c1-3-8-10(11(14)15-2)13-7-5-4-6-9(13)12-8/h3-7H2,1-2H3. The van der Waals surface area contributed by atoms with Gasteiger partial charge >= 0.3 is 5.97 Å². The van der Waals surface area contributed by atoms with Crippen molar-refractivity contribution in [3.05, 3.63) is 17.2 Å². The van der Waals surface area contributed by atoms with Gasteiger partial charge in [-0.05, 0) is 19.3 Å². The van der Waals surface area contributed by atoms with E-state index in [1.54, 1.807) is 0 Å². The number of rotatable bonds is 2. The number of nitrogens with zero attached hydrogens (tertiary/aromatic N) is 2. The summed E-state index contributed by atoms with van der Waals surface area (Å²) in [5.41, 5.74) is 1.54. The maximum absolute atomic E-state index is 11.6. The van der Waals surface area contributed by atoms with Gasteiger partial charge in [0, 0.05) is 13.0 Å². The highest BCUT2D eigenvalue weighted by Crippen LogP contribution is 2.20. The second kappa shape index (κ2) is 4.04. The predicted octanol–water partition coefficient (Wildman–Crippen LogP) is 1.57. The molecule has 0 unspecified atom stereocenters. The molecular weight excluding hydrogens is 192 g/mol. The van der Waals surface area contributed by atoms with Crippen molar-refractivity contribution in [2.75, 3.05) is 7.11 Å². The Bertz CT molecular complexity index is 382. The molecule has 0 N–H and O–H groups in total. The number of aromatic nitrogens is 2. The predicted molar refractivity (Wildman–Crippen MR) is 55.9 cm³/mol. The van der Waals surface area contributed by atoms with Crippen molar-refractivity contribution in [1.82, 2.24) is 9.55 Å². The summed E-state index contributed by atoms with van der Waals surface area (Å²) in [4.78, 5) is 16.1. The van der Waals surface area contributed by atoms with Gasteiger partial charge < -0.3 is 9.30 Å². The Labute approximate surface area is 89.3 Å². The van der Waals surface area contributed by atoms with Crippen LogP contribution in [0.2, 0.25) is 0 Å². The molecule has 4 nitrogen and oxygen atoms in total. The Morgan fingerprint density at radius 3 is 3.00 bits per heavy atom. The number of hydrogen-bond acceptors (Lipinski definition) is 3. The fourth-order valence-corrected chi connectivity index (χ4v) is 2.11. The van der Waals surface area contributed by atoms with Gasteiger partial charge in [-0.25, -0.2) is 9.78 Å². The van der Waals surface area contributed by atoms with E-state index in [-0.39, 0.29) is 5.97 Å². The molecule has 15 heavy (non-hydrogen) atoms. The average Bonchev–Trinajstić information content (AvgIpc) is 2.66. The van der Waals surface area contributed by atoms with Crippen LogP contribution in [0.3, 0.4) is 0 Å². The maximum Gasteiger partial charge on any atom is 0.356 e. The van der Waals surface area contributed by atoms with Gasteiger partial charge in [-0.1, -0.05) is 6.92 Å². The van der Waals surface area contributed by atoms with E-state index < -0.39 is 0 Å². The number of ether oxygens (including phenoxy) is 1. The molecule has 4 heteroatoms. The van der Waals surface area contributed by atoms with Gasteiger partial charge in [-0.3, -0.25) is 0 Å². The fraction of sp³-hybridized carbons (Fsp3) is 0.636. The van der Waals surface area contributed by atoms with Crippen molar-refractivity contribution in [3.63, 3.8) is 0 Å². The van der Waals surface area contributed by atoms with Crippen LogP contribution in [0.1, 0.15) is 41.8 Å². The number of carbonyl (C=O) groups is 1. The number of fused-ring (bicyclic) bond motifs is 1. The summed E-state index contributed by atoms with van der Waals surface area (Å²) in [6.07, 6.45) is 4.05. The Kier molecular flexibility index (Phi) is 2.75. The molecule has 0 spiro atoms. The van der Waals surface area contributed by atoms with Gasteiger partial charge in [0.05, 0.1) is 12.8 Å². The summed E-state index contributed by atoms with van der Waals surface area (Å²) in [6, 6.07) is 0. The smallest absolute Gasteiger partial charge is 0.356 e. The van der Waals surface area contributed by atoms with E-state index >= 15 is 0 Å². The molecule has 1 aliphatic rings. The van der Waals surface area contributed by atoms with Crippen LogP contribution in [0, 0.1) is 0 Å². The minimum atomic E-state index is -0.257. The Hall–Kier alpha value is -1.32. The van der Waals surface area contributed by atoms with E-state index in [1.165, 1.54) is 13.5 Å². The number of esters is 1. The van der Waals surface area contributed by atoms with Gasteiger partial charge in [0.15, 0.2) is 5.69 Å². The molecule has 0 atom stereocenters. The number of imidazole rings is 1. The topological polar surface area (TPSA) is 44.1 Å². The molecule has 1 aromatic rings. The molecule has 0 saturated heterocycles. The van der Waals surface area contributed by atoms with Gasteiger partial charge in [-0.15, -0.1) is 0 Å². The lowest BCUT2D eigenvalue weighted by atomic mass is 10.1. The largest absolute Gasteiger partial charge is 0.464 e. The third-order valence-corrected chi connectivity index (χ3v) is 2.86. The zero-order chi connectivity index (χ0) is 10.8. The van der Waals surface area contributed by atoms with Crippen molar-refractivity contribution in [3.8, 4) is 0 Å². The zero-order valence-corrected chi connectivity index (χ0v) is 9.25. The lowest BCUT2D eigenvalue weighted by Gasteiger charge is -2.15. The first-order valence-electron chi connectivity index (χ1n) is 5.44. The Morgan fingerprint density at radius 1 is 1.53 bits per heavy atom. The van der Waals surface area contributed by atoms with Crippen LogP contribution in [0.25, 0.3) is 0 Å². The van der Waals surface area contributed by atoms with Crippen LogP contribution in [0.15, 0.2) is 0 Å². The molecule has 0 saturated carbocycles. The third kappa shape index (κ3) is 1.64. The summed E-state index contributed by atoms with van der Waals surface area (Å²) < 4.78 is 6.83. The van der Waals surface area contributed by atoms with E-state index in [9.17, 15) is 4.79 Å². The van der Waals surface area contributed by atoms with Crippen LogP contribution < -0.4 is 0 Å². The van der Waals surface area contributed by atoms with Gasteiger partial charge in [0.25, 0.3) is 0 Å². The molecule has 0 radical (unpaired) electrons. The molecule has 2 heterocycles. The molecule has 0 amide bonds. The van der Waals surface area contributed by atoms with Crippen molar-refractivity contribution in [2.24, 2.45) is 0 Å². The summed E-state index contributed by atoms with van der Waals surface area (Å²) in [5.74, 6) is 0.783. The summed E-state index contributed by atoms with van der Waals surface area (Å²) >= 11 is 0. The number of carbonyl (C=O) groups excluding carboxylic acids is 1. The second-order valence-corrected chi connectivity index (χ2v) is 3.78.